The molecule has 0 bridgehead atoms. The van der Waals surface area contributed by atoms with E-state index in [1.165, 1.54) is 0 Å². The molecule has 3 aromatic rings. The molecule has 1 heterocycles. The summed E-state index contributed by atoms with van der Waals surface area (Å²) in [4.78, 5) is 28.2. The molecule has 1 N–H and O–H groups in total. The number of rotatable bonds is 8. The van der Waals surface area contributed by atoms with E-state index in [0.717, 1.165) is 23.1 Å². The minimum atomic E-state index is -0.672. The summed E-state index contributed by atoms with van der Waals surface area (Å²) in [7, 11) is 0. The van der Waals surface area contributed by atoms with Gasteiger partial charge in [-0.05, 0) is 59.2 Å². The van der Waals surface area contributed by atoms with Crippen LogP contribution in [-0.2, 0) is 21.4 Å². The maximum Gasteiger partial charge on any atom is 0.295 e. The van der Waals surface area contributed by atoms with Crippen LogP contribution in [-0.4, -0.2) is 34.8 Å². The molecule has 4 rings (SSSR count). The number of nitrogens with zero attached hydrogens (tertiary/aromatic N) is 1. The summed E-state index contributed by atoms with van der Waals surface area (Å²) in [5, 5.41) is 11.3. The minimum Gasteiger partial charge on any atom is -0.507 e. The van der Waals surface area contributed by atoms with Crippen molar-refractivity contribution < 1.29 is 19.4 Å². The van der Waals surface area contributed by atoms with E-state index < -0.39 is 17.7 Å². The Morgan fingerprint density at radius 1 is 0.919 bits per heavy atom. The highest BCUT2D eigenvalue weighted by Crippen LogP contribution is 2.40. The number of ketones is 1. The van der Waals surface area contributed by atoms with Crippen LogP contribution in [0.5, 0.6) is 5.75 Å². The fourth-order valence-electron chi connectivity index (χ4n) is 4.60. The Balaban J connectivity index is 1.74. The number of hydrogen-bond acceptors (Lipinski definition) is 4. The van der Waals surface area contributed by atoms with Gasteiger partial charge >= 0.3 is 0 Å². The Bertz CT molecular complexity index is 1270. The normalized spacial score (nSPS) is 17.3. The summed E-state index contributed by atoms with van der Waals surface area (Å²) in [6.07, 6.45) is 1.50. The van der Waals surface area contributed by atoms with Gasteiger partial charge in [0.25, 0.3) is 11.7 Å². The van der Waals surface area contributed by atoms with Crippen molar-refractivity contribution in [1.29, 1.82) is 0 Å². The van der Waals surface area contributed by atoms with Gasteiger partial charge < -0.3 is 14.7 Å². The van der Waals surface area contributed by atoms with Gasteiger partial charge in [0.05, 0.1) is 18.2 Å². The van der Waals surface area contributed by atoms with Crippen LogP contribution in [0.3, 0.4) is 0 Å². The maximum atomic E-state index is 13.3. The Hall–Kier alpha value is -3.86. The SMILES string of the molecule is CCCOc1ccc(C(O)=C2C(=O)C(=O)N(CCc3ccccc3)C2c2ccc(C(C)(C)C)cc2)cc1. The number of aliphatic hydroxyl groups excluding tert-OH is 1. The van der Waals surface area contributed by atoms with E-state index in [2.05, 4.69) is 20.8 Å². The largest absolute Gasteiger partial charge is 0.507 e. The van der Waals surface area contributed by atoms with Crippen molar-refractivity contribution in [2.45, 2.75) is 52.0 Å². The second-order valence-electron chi connectivity index (χ2n) is 10.5. The Morgan fingerprint density at radius 2 is 1.57 bits per heavy atom. The van der Waals surface area contributed by atoms with Crippen molar-refractivity contribution in [3.05, 3.63) is 107 Å². The number of Topliss-reactive ketones (excluding diaryl/α,β-unsaturated/α-hetero) is 1. The molecule has 0 saturated carbocycles. The molecule has 5 heteroatoms. The average molecular weight is 498 g/mol. The molecule has 1 unspecified atom stereocenters. The van der Waals surface area contributed by atoms with Crippen molar-refractivity contribution >= 4 is 17.4 Å². The van der Waals surface area contributed by atoms with E-state index in [1.54, 1.807) is 29.2 Å². The van der Waals surface area contributed by atoms with Crippen molar-refractivity contribution in [1.82, 2.24) is 4.90 Å². The second-order valence-corrected chi connectivity index (χ2v) is 10.5. The first kappa shape index (κ1) is 26.2. The summed E-state index contributed by atoms with van der Waals surface area (Å²) in [6.45, 7) is 9.42. The minimum absolute atomic E-state index is 0.0325. The van der Waals surface area contributed by atoms with Crippen LogP contribution >= 0.6 is 0 Å². The van der Waals surface area contributed by atoms with E-state index in [-0.39, 0.29) is 16.7 Å². The summed E-state index contributed by atoms with van der Waals surface area (Å²) in [6, 6.07) is 24.2. The third-order valence-corrected chi connectivity index (χ3v) is 6.72. The molecule has 1 saturated heterocycles. The van der Waals surface area contributed by atoms with Crippen LogP contribution in [0, 0.1) is 0 Å². The summed E-state index contributed by atoms with van der Waals surface area (Å²) < 4.78 is 5.65. The van der Waals surface area contributed by atoms with Gasteiger partial charge in [-0.2, -0.15) is 0 Å². The van der Waals surface area contributed by atoms with E-state index in [9.17, 15) is 14.7 Å². The fraction of sp³-hybridized carbons (Fsp3) is 0.312. The molecule has 0 radical (unpaired) electrons. The standard InChI is InChI=1S/C32H35NO4/c1-5-21-37-26-17-13-24(14-18-26)29(34)27-28(23-11-15-25(16-12-23)32(2,3)4)33(31(36)30(27)35)20-19-22-9-7-6-8-10-22/h6-18,28,34H,5,19-21H2,1-4H3. The number of ether oxygens (including phenoxy) is 1. The van der Waals surface area contributed by atoms with Crippen LogP contribution in [0.2, 0.25) is 0 Å². The van der Waals surface area contributed by atoms with Gasteiger partial charge in [-0.3, -0.25) is 9.59 Å². The molecular formula is C32H35NO4. The van der Waals surface area contributed by atoms with E-state index in [4.69, 9.17) is 4.74 Å². The van der Waals surface area contributed by atoms with Crippen LogP contribution in [0.25, 0.3) is 5.76 Å². The highest BCUT2D eigenvalue weighted by molar-refractivity contribution is 6.46. The van der Waals surface area contributed by atoms with Gasteiger partial charge in [0.2, 0.25) is 0 Å². The molecule has 1 atom stereocenters. The number of aliphatic hydroxyl groups is 1. The molecule has 37 heavy (non-hydrogen) atoms. The lowest BCUT2D eigenvalue weighted by atomic mass is 9.85. The zero-order valence-electron chi connectivity index (χ0n) is 22.0. The number of carbonyl (C=O) groups excluding carboxylic acids is 2. The molecule has 0 spiro atoms. The van der Waals surface area contributed by atoms with Crippen molar-refractivity contribution in [2.24, 2.45) is 0 Å². The zero-order chi connectivity index (χ0) is 26.6. The predicted octanol–water partition coefficient (Wildman–Crippen LogP) is 6.44. The Morgan fingerprint density at radius 3 is 2.16 bits per heavy atom. The van der Waals surface area contributed by atoms with Crippen molar-refractivity contribution in [3.8, 4) is 5.75 Å². The Kier molecular flexibility index (Phi) is 7.82. The number of likely N-dealkylation sites (tertiary alicyclic amines) is 1. The van der Waals surface area contributed by atoms with Gasteiger partial charge in [-0.25, -0.2) is 0 Å². The third kappa shape index (κ3) is 5.77. The molecule has 0 aromatic heterocycles. The van der Waals surface area contributed by atoms with Gasteiger partial charge in [0, 0.05) is 12.1 Å². The predicted molar refractivity (Wildman–Crippen MR) is 147 cm³/mol. The monoisotopic (exact) mass is 497 g/mol. The third-order valence-electron chi connectivity index (χ3n) is 6.72. The molecule has 1 aliphatic heterocycles. The Labute approximate surface area is 219 Å². The van der Waals surface area contributed by atoms with Crippen molar-refractivity contribution in [2.75, 3.05) is 13.2 Å². The summed E-state index contributed by atoms with van der Waals surface area (Å²) >= 11 is 0. The second kappa shape index (κ2) is 11.0. The van der Waals surface area contributed by atoms with Gasteiger partial charge in [0.15, 0.2) is 0 Å². The zero-order valence-corrected chi connectivity index (χ0v) is 22.0. The molecule has 0 aliphatic carbocycles. The molecule has 1 amide bonds. The number of benzene rings is 3. The number of carbonyl (C=O) groups is 2. The first-order chi connectivity index (χ1) is 17.7. The first-order valence-corrected chi connectivity index (χ1v) is 12.9. The quantitative estimate of drug-likeness (QED) is 0.221. The van der Waals surface area contributed by atoms with E-state index in [0.29, 0.717) is 30.9 Å². The smallest absolute Gasteiger partial charge is 0.295 e. The molecule has 3 aromatic carbocycles. The van der Waals surface area contributed by atoms with Gasteiger partial charge in [-0.15, -0.1) is 0 Å². The van der Waals surface area contributed by atoms with Gasteiger partial charge in [-0.1, -0.05) is 82.3 Å². The first-order valence-electron chi connectivity index (χ1n) is 12.9. The van der Waals surface area contributed by atoms with Crippen LogP contribution in [0.4, 0.5) is 0 Å². The molecular weight excluding hydrogens is 462 g/mol. The van der Waals surface area contributed by atoms with E-state index >= 15 is 0 Å². The van der Waals surface area contributed by atoms with Crippen LogP contribution in [0.15, 0.2) is 84.4 Å². The lowest BCUT2D eigenvalue weighted by Crippen LogP contribution is -2.31. The molecule has 1 aliphatic rings. The van der Waals surface area contributed by atoms with E-state index in [1.807, 2.05) is 61.5 Å². The fourth-order valence-corrected chi connectivity index (χ4v) is 4.60. The summed E-state index contributed by atoms with van der Waals surface area (Å²) in [5.74, 6) is -0.740. The van der Waals surface area contributed by atoms with Crippen LogP contribution < -0.4 is 4.74 Å². The lowest BCUT2D eigenvalue weighted by molar-refractivity contribution is -0.139. The maximum absolute atomic E-state index is 13.3. The number of hydrogen-bond donors (Lipinski definition) is 1. The highest BCUT2D eigenvalue weighted by atomic mass is 16.5. The molecule has 192 valence electrons. The lowest BCUT2D eigenvalue weighted by Gasteiger charge is -2.26. The van der Waals surface area contributed by atoms with Gasteiger partial charge in [0.1, 0.15) is 11.5 Å². The van der Waals surface area contributed by atoms with Crippen molar-refractivity contribution in [3.63, 3.8) is 0 Å². The number of amides is 1. The highest BCUT2D eigenvalue weighted by Gasteiger charge is 2.45. The topological polar surface area (TPSA) is 66.8 Å². The average Bonchev–Trinajstić information content (AvgIpc) is 3.15. The molecule has 1 fully saturated rings. The molecule has 5 nitrogen and oxygen atoms in total. The van der Waals surface area contributed by atoms with Crippen LogP contribution in [0.1, 0.15) is 62.4 Å². The summed E-state index contributed by atoms with van der Waals surface area (Å²) in [5.41, 5.74) is 3.58.